The number of hydrogen-bond donors (Lipinski definition) is 0. The standard InChI is InChI=1S/C22H26N4O5S2/c1-17(2)26(16-21-23-24-22(31-21)18-8-4-3-5-9-18)33(29,30)20-12-10-19(11-13-20)32(27,28)25-14-6-7-15-25/h3-5,8-13,17H,6-7,14-16H2,1-2H3. The molecule has 176 valence electrons. The summed E-state index contributed by atoms with van der Waals surface area (Å²) in [6.45, 7) is 4.36. The van der Waals surface area contributed by atoms with Gasteiger partial charge in [-0.05, 0) is 63.1 Å². The highest BCUT2D eigenvalue weighted by atomic mass is 32.2. The SMILES string of the molecule is CC(C)N(Cc1nnc(-c2ccccc2)o1)S(=O)(=O)c1ccc(S(=O)(=O)N2CCCC2)cc1. The maximum absolute atomic E-state index is 13.3. The third-order valence-electron chi connectivity index (χ3n) is 5.49. The minimum absolute atomic E-state index is 0.000583. The summed E-state index contributed by atoms with van der Waals surface area (Å²) >= 11 is 0. The number of hydrogen-bond acceptors (Lipinski definition) is 7. The lowest BCUT2D eigenvalue weighted by Crippen LogP contribution is -2.36. The fraction of sp³-hybridized carbons (Fsp3) is 0.364. The molecule has 0 radical (unpaired) electrons. The van der Waals surface area contributed by atoms with Crippen molar-refractivity contribution in [3.63, 3.8) is 0 Å². The summed E-state index contributed by atoms with van der Waals surface area (Å²) in [7, 11) is -7.56. The third kappa shape index (κ3) is 4.86. The molecule has 0 N–H and O–H groups in total. The van der Waals surface area contributed by atoms with Crippen LogP contribution >= 0.6 is 0 Å². The first-order chi connectivity index (χ1) is 15.7. The molecule has 0 atom stereocenters. The van der Waals surface area contributed by atoms with Crippen LogP contribution < -0.4 is 0 Å². The number of rotatable bonds is 8. The molecule has 33 heavy (non-hydrogen) atoms. The lowest BCUT2D eigenvalue weighted by molar-refractivity contribution is 0.313. The Morgan fingerprint density at radius 2 is 1.52 bits per heavy atom. The van der Waals surface area contributed by atoms with Crippen LogP contribution in [-0.2, 0) is 26.6 Å². The maximum atomic E-state index is 13.3. The van der Waals surface area contributed by atoms with E-state index in [0.717, 1.165) is 18.4 Å². The zero-order chi connectivity index (χ0) is 23.6. The van der Waals surface area contributed by atoms with Crippen molar-refractivity contribution in [2.24, 2.45) is 0 Å². The second kappa shape index (κ2) is 9.34. The predicted octanol–water partition coefficient (Wildman–Crippen LogP) is 3.12. The van der Waals surface area contributed by atoms with E-state index >= 15 is 0 Å². The summed E-state index contributed by atoms with van der Waals surface area (Å²) in [6, 6.07) is 14.2. The molecule has 0 unspecified atom stereocenters. The van der Waals surface area contributed by atoms with E-state index in [1.165, 1.54) is 32.9 Å². The third-order valence-corrected chi connectivity index (χ3v) is 9.44. The molecule has 0 saturated carbocycles. The first kappa shape index (κ1) is 23.6. The van der Waals surface area contributed by atoms with Gasteiger partial charge < -0.3 is 4.42 Å². The van der Waals surface area contributed by atoms with E-state index in [1.54, 1.807) is 13.8 Å². The van der Waals surface area contributed by atoms with Gasteiger partial charge in [-0.3, -0.25) is 0 Å². The van der Waals surface area contributed by atoms with E-state index in [9.17, 15) is 16.8 Å². The van der Waals surface area contributed by atoms with Crippen LogP contribution in [0.3, 0.4) is 0 Å². The van der Waals surface area contributed by atoms with Crippen molar-refractivity contribution in [2.75, 3.05) is 13.1 Å². The minimum Gasteiger partial charge on any atom is -0.419 e. The maximum Gasteiger partial charge on any atom is 0.247 e. The van der Waals surface area contributed by atoms with Crippen LogP contribution in [0, 0.1) is 0 Å². The summed E-state index contributed by atoms with van der Waals surface area (Å²) in [5, 5.41) is 8.03. The van der Waals surface area contributed by atoms with Gasteiger partial charge >= 0.3 is 0 Å². The van der Waals surface area contributed by atoms with Crippen LogP contribution in [0.2, 0.25) is 0 Å². The van der Waals surface area contributed by atoms with Crippen LogP contribution in [0.15, 0.2) is 68.8 Å². The number of nitrogens with zero attached hydrogens (tertiary/aromatic N) is 4. The van der Waals surface area contributed by atoms with E-state index in [4.69, 9.17) is 4.42 Å². The molecule has 0 spiro atoms. The van der Waals surface area contributed by atoms with E-state index < -0.39 is 26.1 Å². The highest BCUT2D eigenvalue weighted by Gasteiger charge is 2.31. The number of benzene rings is 2. The molecule has 0 amide bonds. The first-order valence-corrected chi connectivity index (χ1v) is 13.6. The van der Waals surface area contributed by atoms with Crippen LogP contribution in [0.4, 0.5) is 0 Å². The van der Waals surface area contributed by atoms with Gasteiger partial charge in [0.05, 0.1) is 16.3 Å². The largest absolute Gasteiger partial charge is 0.419 e. The van der Waals surface area contributed by atoms with Crippen LogP contribution in [0.25, 0.3) is 11.5 Å². The summed E-state index contributed by atoms with van der Waals surface area (Å²) in [5.41, 5.74) is 0.741. The molecule has 11 heteroatoms. The monoisotopic (exact) mass is 490 g/mol. The molecular weight excluding hydrogens is 464 g/mol. The van der Waals surface area contributed by atoms with Crippen molar-refractivity contribution in [1.29, 1.82) is 0 Å². The molecule has 1 fully saturated rings. The summed E-state index contributed by atoms with van der Waals surface area (Å²) in [4.78, 5) is 0.0863. The summed E-state index contributed by atoms with van der Waals surface area (Å²) in [6.07, 6.45) is 1.66. The van der Waals surface area contributed by atoms with Crippen molar-refractivity contribution in [3.05, 3.63) is 60.5 Å². The molecule has 4 rings (SSSR count). The smallest absolute Gasteiger partial charge is 0.247 e. The van der Waals surface area contributed by atoms with Gasteiger partial charge in [0.25, 0.3) is 0 Å². The molecule has 1 aliphatic rings. The molecular formula is C22H26N4O5S2. The molecule has 1 aliphatic heterocycles. The van der Waals surface area contributed by atoms with Gasteiger partial charge in [-0.25, -0.2) is 16.8 Å². The lowest BCUT2D eigenvalue weighted by Gasteiger charge is -2.24. The van der Waals surface area contributed by atoms with Gasteiger partial charge in [0.1, 0.15) is 0 Å². The van der Waals surface area contributed by atoms with E-state index in [2.05, 4.69) is 10.2 Å². The van der Waals surface area contributed by atoms with Gasteiger partial charge in [0, 0.05) is 24.7 Å². The molecule has 1 saturated heterocycles. The molecule has 0 bridgehead atoms. The lowest BCUT2D eigenvalue weighted by atomic mass is 10.2. The average Bonchev–Trinajstić information content (AvgIpc) is 3.51. The Hall–Kier alpha value is -2.60. The topological polar surface area (TPSA) is 114 Å². The molecule has 1 aromatic heterocycles. The van der Waals surface area contributed by atoms with E-state index in [1.807, 2.05) is 30.3 Å². The second-order valence-electron chi connectivity index (χ2n) is 8.09. The van der Waals surface area contributed by atoms with Gasteiger partial charge in [0.2, 0.25) is 31.8 Å². The quantitative estimate of drug-likeness (QED) is 0.477. The van der Waals surface area contributed by atoms with E-state index in [-0.39, 0.29) is 22.2 Å². The van der Waals surface area contributed by atoms with Gasteiger partial charge in [-0.2, -0.15) is 8.61 Å². The average molecular weight is 491 g/mol. The Balaban J connectivity index is 1.57. The Labute approximate surface area is 194 Å². The van der Waals surface area contributed by atoms with Crippen LogP contribution in [0.1, 0.15) is 32.6 Å². The van der Waals surface area contributed by atoms with Crippen LogP contribution in [-0.4, -0.2) is 54.8 Å². The molecule has 2 aromatic carbocycles. The van der Waals surface area contributed by atoms with Gasteiger partial charge in [-0.15, -0.1) is 10.2 Å². The van der Waals surface area contributed by atoms with Crippen molar-refractivity contribution >= 4 is 20.0 Å². The second-order valence-corrected chi connectivity index (χ2v) is 11.9. The fourth-order valence-electron chi connectivity index (χ4n) is 3.69. The van der Waals surface area contributed by atoms with Crippen molar-refractivity contribution in [3.8, 4) is 11.5 Å². The molecule has 2 heterocycles. The summed E-state index contributed by atoms with van der Waals surface area (Å²) in [5.74, 6) is 0.475. The van der Waals surface area contributed by atoms with Gasteiger partial charge in [0.15, 0.2) is 0 Å². The Kier molecular flexibility index (Phi) is 6.66. The zero-order valence-electron chi connectivity index (χ0n) is 18.5. The Bertz CT molecular complexity index is 1300. The highest BCUT2D eigenvalue weighted by Crippen LogP contribution is 2.26. The van der Waals surface area contributed by atoms with E-state index in [0.29, 0.717) is 19.0 Å². The van der Waals surface area contributed by atoms with Crippen molar-refractivity contribution < 1.29 is 21.3 Å². The highest BCUT2D eigenvalue weighted by molar-refractivity contribution is 7.89. The molecule has 3 aromatic rings. The first-order valence-electron chi connectivity index (χ1n) is 10.7. The number of sulfonamides is 2. The van der Waals surface area contributed by atoms with Crippen molar-refractivity contribution in [2.45, 2.75) is 49.1 Å². The van der Waals surface area contributed by atoms with Gasteiger partial charge in [-0.1, -0.05) is 18.2 Å². The Morgan fingerprint density at radius 3 is 2.12 bits per heavy atom. The van der Waals surface area contributed by atoms with Crippen molar-refractivity contribution in [1.82, 2.24) is 18.8 Å². The summed E-state index contributed by atoms with van der Waals surface area (Å²) < 4.78 is 60.5. The zero-order valence-corrected chi connectivity index (χ0v) is 20.1. The predicted molar refractivity (Wildman–Crippen MR) is 122 cm³/mol. The van der Waals surface area contributed by atoms with Crippen LogP contribution in [0.5, 0.6) is 0 Å². The fourth-order valence-corrected chi connectivity index (χ4v) is 6.79. The number of aromatic nitrogens is 2. The molecule has 9 nitrogen and oxygen atoms in total. The minimum atomic E-state index is -3.94. The molecule has 0 aliphatic carbocycles. The Morgan fingerprint density at radius 1 is 0.909 bits per heavy atom. The normalized spacial score (nSPS) is 15.5.